The second kappa shape index (κ2) is 9.09. The van der Waals surface area contributed by atoms with Gasteiger partial charge in [-0.25, -0.2) is 0 Å². The van der Waals surface area contributed by atoms with Crippen molar-refractivity contribution in [3.8, 4) is 11.5 Å². The molecule has 0 radical (unpaired) electrons. The van der Waals surface area contributed by atoms with E-state index in [9.17, 15) is 0 Å². The van der Waals surface area contributed by atoms with Crippen molar-refractivity contribution in [3.05, 3.63) is 54.1 Å². The fourth-order valence-corrected chi connectivity index (χ4v) is 2.20. The Morgan fingerprint density at radius 2 is 1.57 bits per heavy atom. The van der Waals surface area contributed by atoms with Gasteiger partial charge in [0.25, 0.3) is 0 Å². The molecule has 0 aliphatic carbocycles. The second-order valence-electron chi connectivity index (χ2n) is 5.71. The van der Waals surface area contributed by atoms with Gasteiger partial charge in [-0.1, -0.05) is 31.5 Å². The van der Waals surface area contributed by atoms with Gasteiger partial charge in [0.15, 0.2) is 0 Å². The summed E-state index contributed by atoms with van der Waals surface area (Å²) in [5.41, 5.74) is 2.33. The molecule has 1 atom stereocenters. The number of rotatable bonds is 9. The largest absolute Gasteiger partial charge is 0.494 e. The monoisotopic (exact) mass is 313 g/mol. The summed E-state index contributed by atoms with van der Waals surface area (Å²) in [7, 11) is 0. The average Bonchev–Trinajstić information content (AvgIpc) is 2.59. The van der Waals surface area contributed by atoms with E-state index < -0.39 is 0 Å². The molecule has 0 aliphatic heterocycles. The van der Waals surface area contributed by atoms with Crippen molar-refractivity contribution in [3.63, 3.8) is 0 Å². The lowest BCUT2D eigenvalue weighted by Gasteiger charge is -2.19. The Labute approximate surface area is 139 Å². The fourth-order valence-electron chi connectivity index (χ4n) is 2.20. The van der Waals surface area contributed by atoms with Crippen molar-refractivity contribution in [2.45, 2.75) is 39.7 Å². The highest BCUT2D eigenvalue weighted by molar-refractivity contribution is 5.46. The van der Waals surface area contributed by atoms with Crippen molar-refractivity contribution in [1.82, 2.24) is 0 Å². The number of ether oxygens (including phenoxy) is 2. The normalized spacial score (nSPS) is 11.8. The van der Waals surface area contributed by atoms with Crippen LogP contribution in [0.1, 0.15) is 32.3 Å². The summed E-state index contributed by atoms with van der Waals surface area (Å²) < 4.78 is 11.6. The molecule has 0 bridgehead atoms. The Hall–Kier alpha value is -2.16. The zero-order chi connectivity index (χ0) is 16.5. The van der Waals surface area contributed by atoms with Gasteiger partial charge in [-0.3, -0.25) is 0 Å². The molecule has 0 saturated heterocycles. The van der Waals surface area contributed by atoms with Crippen LogP contribution in [0.15, 0.2) is 48.5 Å². The number of nitrogens with one attached hydrogen (secondary N) is 1. The van der Waals surface area contributed by atoms with Gasteiger partial charge in [0, 0.05) is 5.69 Å². The topological polar surface area (TPSA) is 30.5 Å². The van der Waals surface area contributed by atoms with Crippen molar-refractivity contribution in [2.24, 2.45) is 0 Å². The van der Waals surface area contributed by atoms with Gasteiger partial charge in [0.2, 0.25) is 0 Å². The van der Waals surface area contributed by atoms with Gasteiger partial charge in [0.1, 0.15) is 17.6 Å². The maximum atomic E-state index is 6.03. The molecular formula is C20H27NO2. The van der Waals surface area contributed by atoms with Gasteiger partial charge >= 0.3 is 0 Å². The van der Waals surface area contributed by atoms with Gasteiger partial charge in [0.05, 0.1) is 13.2 Å². The van der Waals surface area contributed by atoms with Crippen molar-refractivity contribution in [2.75, 3.05) is 18.5 Å². The Kier molecular flexibility index (Phi) is 6.79. The van der Waals surface area contributed by atoms with Crippen molar-refractivity contribution >= 4 is 5.69 Å². The lowest BCUT2D eigenvalue weighted by atomic mass is 10.2. The minimum Gasteiger partial charge on any atom is -0.494 e. The van der Waals surface area contributed by atoms with Gasteiger partial charge in [-0.2, -0.15) is 0 Å². The van der Waals surface area contributed by atoms with Crippen LogP contribution in [0.2, 0.25) is 0 Å². The Morgan fingerprint density at radius 3 is 2.17 bits per heavy atom. The minimum absolute atomic E-state index is 0.147. The summed E-state index contributed by atoms with van der Waals surface area (Å²) in [4.78, 5) is 0. The fraction of sp³-hybridized carbons (Fsp3) is 0.400. The van der Waals surface area contributed by atoms with Gasteiger partial charge in [-0.05, 0) is 56.2 Å². The lowest BCUT2D eigenvalue weighted by molar-refractivity contribution is 0.210. The van der Waals surface area contributed by atoms with Crippen LogP contribution in [-0.4, -0.2) is 19.3 Å². The van der Waals surface area contributed by atoms with Crippen LogP contribution in [0.5, 0.6) is 11.5 Å². The second-order valence-corrected chi connectivity index (χ2v) is 5.71. The van der Waals surface area contributed by atoms with E-state index in [1.165, 1.54) is 5.56 Å². The Morgan fingerprint density at radius 1 is 0.913 bits per heavy atom. The number of aryl methyl sites for hydroxylation is 1. The molecule has 0 spiro atoms. The lowest BCUT2D eigenvalue weighted by Crippen LogP contribution is -2.25. The summed E-state index contributed by atoms with van der Waals surface area (Å²) in [6, 6.07) is 16.3. The van der Waals surface area contributed by atoms with E-state index in [1.54, 1.807) is 0 Å². The van der Waals surface area contributed by atoms with E-state index in [1.807, 2.05) is 36.4 Å². The van der Waals surface area contributed by atoms with Crippen molar-refractivity contribution < 1.29 is 9.47 Å². The summed E-state index contributed by atoms with van der Waals surface area (Å²) in [6.07, 6.45) is 2.13. The first-order valence-corrected chi connectivity index (χ1v) is 8.41. The summed E-state index contributed by atoms with van der Waals surface area (Å²) in [5, 5.41) is 3.43. The molecule has 1 N–H and O–H groups in total. The van der Waals surface area contributed by atoms with Crippen LogP contribution in [0.4, 0.5) is 5.69 Å². The van der Waals surface area contributed by atoms with E-state index in [0.717, 1.165) is 43.2 Å². The first kappa shape index (κ1) is 17.2. The number of benzene rings is 2. The van der Waals surface area contributed by atoms with Crippen LogP contribution >= 0.6 is 0 Å². The standard InChI is InChI=1S/C20H27NO2/c1-4-14-22-19-12-8-17(9-13-19)21-15-18(5-2)23-20-10-6-16(3)7-11-20/h6-13,18,21H,4-5,14-15H2,1-3H3. The first-order valence-electron chi connectivity index (χ1n) is 8.41. The van der Waals surface area contributed by atoms with Crippen LogP contribution in [0.3, 0.4) is 0 Å². The third-order valence-electron chi connectivity index (χ3n) is 3.64. The van der Waals surface area contributed by atoms with E-state index >= 15 is 0 Å². The first-order chi connectivity index (χ1) is 11.2. The zero-order valence-electron chi connectivity index (χ0n) is 14.3. The Bertz CT molecular complexity index is 563. The number of hydrogen-bond acceptors (Lipinski definition) is 3. The molecule has 0 heterocycles. The predicted molar refractivity (Wildman–Crippen MR) is 96.6 cm³/mol. The van der Waals surface area contributed by atoms with E-state index in [0.29, 0.717) is 0 Å². The van der Waals surface area contributed by atoms with Gasteiger partial charge < -0.3 is 14.8 Å². The molecule has 2 aromatic rings. The summed E-state index contributed by atoms with van der Waals surface area (Å²) >= 11 is 0. The highest BCUT2D eigenvalue weighted by Gasteiger charge is 2.08. The van der Waals surface area contributed by atoms with E-state index in [2.05, 4.69) is 38.2 Å². The van der Waals surface area contributed by atoms with Crippen molar-refractivity contribution in [1.29, 1.82) is 0 Å². The summed E-state index contributed by atoms with van der Waals surface area (Å²) in [5.74, 6) is 1.84. The molecule has 3 heteroatoms. The smallest absolute Gasteiger partial charge is 0.119 e. The Balaban J connectivity index is 1.83. The maximum Gasteiger partial charge on any atom is 0.119 e. The highest BCUT2D eigenvalue weighted by Crippen LogP contribution is 2.18. The molecule has 3 nitrogen and oxygen atoms in total. The molecule has 2 rings (SSSR count). The minimum atomic E-state index is 0.147. The molecule has 124 valence electrons. The van der Waals surface area contributed by atoms with Gasteiger partial charge in [-0.15, -0.1) is 0 Å². The van der Waals surface area contributed by atoms with E-state index in [-0.39, 0.29) is 6.10 Å². The predicted octanol–water partition coefficient (Wildman–Crippen LogP) is 5.05. The molecule has 0 aliphatic rings. The number of anilines is 1. The van der Waals surface area contributed by atoms with Crippen LogP contribution in [0.25, 0.3) is 0 Å². The third kappa shape index (κ3) is 5.85. The summed E-state index contributed by atoms with van der Waals surface area (Å²) in [6.45, 7) is 7.86. The highest BCUT2D eigenvalue weighted by atomic mass is 16.5. The SMILES string of the molecule is CCCOc1ccc(NCC(CC)Oc2ccc(C)cc2)cc1. The quantitative estimate of drug-likeness (QED) is 0.702. The molecule has 0 saturated carbocycles. The molecule has 2 aromatic carbocycles. The molecule has 1 unspecified atom stereocenters. The molecular weight excluding hydrogens is 286 g/mol. The number of hydrogen-bond donors (Lipinski definition) is 1. The average molecular weight is 313 g/mol. The molecule has 0 amide bonds. The van der Waals surface area contributed by atoms with Crippen LogP contribution in [-0.2, 0) is 0 Å². The molecule has 0 aromatic heterocycles. The zero-order valence-corrected chi connectivity index (χ0v) is 14.3. The van der Waals surface area contributed by atoms with Crippen LogP contribution in [0, 0.1) is 6.92 Å². The third-order valence-corrected chi connectivity index (χ3v) is 3.64. The molecule has 0 fully saturated rings. The molecule has 23 heavy (non-hydrogen) atoms. The van der Waals surface area contributed by atoms with E-state index in [4.69, 9.17) is 9.47 Å². The maximum absolute atomic E-state index is 6.03. The van der Waals surface area contributed by atoms with Crippen LogP contribution < -0.4 is 14.8 Å².